The molecule has 0 atom stereocenters. The molecule has 3 nitrogen and oxygen atoms in total. The monoisotopic (exact) mass is 277 g/mol. The third-order valence-electron chi connectivity index (χ3n) is 4.00. The molecule has 1 aliphatic heterocycles. The second kappa shape index (κ2) is 5.88. The Morgan fingerprint density at radius 1 is 0.950 bits per heavy atom. The van der Waals surface area contributed by atoms with Crippen molar-refractivity contribution >= 4 is 12.6 Å². The SMILES string of the molecule is C.CN(C)Cc1ccc(B2OC(C)(C)C(C)(C)O2)cc1. The van der Waals surface area contributed by atoms with Gasteiger partial charge in [0.25, 0.3) is 0 Å². The fourth-order valence-electron chi connectivity index (χ4n) is 2.12. The van der Waals surface area contributed by atoms with Gasteiger partial charge >= 0.3 is 7.12 Å². The van der Waals surface area contributed by atoms with E-state index in [1.165, 1.54) is 5.56 Å². The Bertz CT molecular complexity index is 424. The zero-order valence-corrected chi connectivity index (χ0v) is 12.9. The van der Waals surface area contributed by atoms with Gasteiger partial charge in [-0.2, -0.15) is 0 Å². The Labute approximate surface area is 124 Å². The number of hydrogen-bond donors (Lipinski definition) is 0. The fourth-order valence-corrected chi connectivity index (χ4v) is 2.12. The van der Waals surface area contributed by atoms with Crippen LogP contribution in [0.1, 0.15) is 40.7 Å². The molecule has 1 heterocycles. The van der Waals surface area contributed by atoms with E-state index in [1.807, 2.05) is 0 Å². The molecule has 1 aromatic carbocycles. The van der Waals surface area contributed by atoms with Crippen LogP contribution in [0.5, 0.6) is 0 Å². The van der Waals surface area contributed by atoms with Crippen molar-refractivity contribution in [2.24, 2.45) is 0 Å². The molecular formula is C16H28BNO2. The quantitative estimate of drug-likeness (QED) is 0.793. The van der Waals surface area contributed by atoms with E-state index in [-0.39, 0.29) is 25.7 Å². The lowest BCUT2D eigenvalue weighted by Gasteiger charge is -2.32. The summed E-state index contributed by atoms with van der Waals surface area (Å²) < 4.78 is 12.1. The van der Waals surface area contributed by atoms with Crippen molar-refractivity contribution in [3.05, 3.63) is 29.8 Å². The van der Waals surface area contributed by atoms with Gasteiger partial charge in [-0.15, -0.1) is 0 Å². The molecular weight excluding hydrogens is 249 g/mol. The maximum Gasteiger partial charge on any atom is 0.494 e. The predicted molar refractivity (Wildman–Crippen MR) is 86.3 cm³/mol. The average Bonchev–Trinajstić information content (AvgIpc) is 2.48. The Hall–Kier alpha value is -0.835. The van der Waals surface area contributed by atoms with E-state index in [9.17, 15) is 0 Å². The molecule has 0 saturated carbocycles. The third kappa shape index (κ3) is 3.43. The molecule has 1 fully saturated rings. The van der Waals surface area contributed by atoms with Crippen LogP contribution in [0.4, 0.5) is 0 Å². The second-order valence-electron chi connectivity index (χ2n) is 6.57. The van der Waals surface area contributed by atoms with E-state index in [0.717, 1.165) is 12.0 Å². The van der Waals surface area contributed by atoms with Crippen molar-refractivity contribution in [1.82, 2.24) is 4.90 Å². The first-order valence-corrected chi connectivity index (χ1v) is 6.80. The molecule has 0 N–H and O–H groups in total. The third-order valence-corrected chi connectivity index (χ3v) is 4.00. The largest absolute Gasteiger partial charge is 0.494 e. The van der Waals surface area contributed by atoms with Gasteiger partial charge in [-0.25, -0.2) is 0 Å². The number of nitrogens with zero attached hydrogens (tertiary/aromatic N) is 1. The molecule has 1 aliphatic rings. The van der Waals surface area contributed by atoms with E-state index in [1.54, 1.807) is 0 Å². The summed E-state index contributed by atoms with van der Waals surface area (Å²) in [5.41, 5.74) is 1.83. The van der Waals surface area contributed by atoms with Crippen LogP contribution < -0.4 is 5.46 Å². The Morgan fingerprint density at radius 3 is 1.80 bits per heavy atom. The van der Waals surface area contributed by atoms with Crippen molar-refractivity contribution in [3.63, 3.8) is 0 Å². The highest BCUT2D eigenvalue weighted by atomic mass is 16.7. The molecule has 0 aromatic heterocycles. The smallest absolute Gasteiger partial charge is 0.399 e. The van der Waals surface area contributed by atoms with Gasteiger partial charge in [-0.1, -0.05) is 31.7 Å². The Morgan fingerprint density at radius 2 is 1.40 bits per heavy atom. The molecule has 20 heavy (non-hydrogen) atoms. The van der Waals surface area contributed by atoms with Crippen LogP contribution in [0, 0.1) is 0 Å². The summed E-state index contributed by atoms with van der Waals surface area (Å²) in [6.07, 6.45) is 0. The van der Waals surface area contributed by atoms with Gasteiger partial charge in [0.2, 0.25) is 0 Å². The van der Waals surface area contributed by atoms with Crippen LogP contribution in [-0.2, 0) is 15.9 Å². The van der Waals surface area contributed by atoms with Gasteiger partial charge in [0.1, 0.15) is 0 Å². The predicted octanol–water partition coefficient (Wildman–Crippen LogP) is 2.68. The highest BCUT2D eigenvalue weighted by molar-refractivity contribution is 6.62. The van der Waals surface area contributed by atoms with Crippen molar-refractivity contribution in [3.8, 4) is 0 Å². The summed E-state index contributed by atoms with van der Waals surface area (Å²) in [4.78, 5) is 2.16. The first kappa shape index (κ1) is 17.2. The molecule has 4 heteroatoms. The molecule has 0 bridgehead atoms. The molecule has 0 amide bonds. The van der Waals surface area contributed by atoms with Crippen LogP contribution in [0.25, 0.3) is 0 Å². The molecule has 0 aliphatic carbocycles. The Balaban J connectivity index is 0.00000200. The first-order chi connectivity index (χ1) is 8.71. The number of benzene rings is 1. The molecule has 2 rings (SSSR count). The summed E-state index contributed by atoms with van der Waals surface area (Å²) in [7, 11) is 3.88. The van der Waals surface area contributed by atoms with Crippen molar-refractivity contribution in [2.45, 2.75) is 52.9 Å². The Kier molecular flexibility index (Phi) is 5.06. The minimum absolute atomic E-state index is 0. The normalized spacial score (nSPS) is 20.1. The van der Waals surface area contributed by atoms with Gasteiger partial charge < -0.3 is 14.2 Å². The zero-order chi connectivity index (χ0) is 14.3. The van der Waals surface area contributed by atoms with E-state index in [0.29, 0.717) is 0 Å². The number of hydrogen-bond acceptors (Lipinski definition) is 3. The van der Waals surface area contributed by atoms with Crippen molar-refractivity contribution in [1.29, 1.82) is 0 Å². The summed E-state index contributed by atoms with van der Waals surface area (Å²) in [5, 5.41) is 0. The number of rotatable bonds is 3. The minimum Gasteiger partial charge on any atom is -0.399 e. The summed E-state index contributed by atoms with van der Waals surface area (Å²) in [5.74, 6) is 0. The summed E-state index contributed by atoms with van der Waals surface area (Å²) in [6.45, 7) is 9.26. The van der Waals surface area contributed by atoms with Gasteiger partial charge in [0.15, 0.2) is 0 Å². The molecule has 1 saturated heterocycles. The van der Waals surface area contributed by atoms with Gasteiger partial charge in [-0.05, 0) is 52.8 Å². The average molecular weight is 277 g/mol. The van der Waals surface area contributed by atoms with E-state index in [4.69, 9.17) is 9.31 Å². The molecule has 0 unspecified atom stereocenters. The fraction of sp³-hybridized carbons (Fsp3) is 0.625. The van der Waals surface area contributed by atoms with Crippen LogP contribution in [0.15, 0.2) is 24.3 Å². The van der Waals surface area contributed by atoms with Crippen molar-refractivity contribution in [2.75, 3.05) is 14.1 Å². The molecule has 112 valence electrons. The lowest BCUT2D eigenvalue weighted by molar-refractivity contribution is 0.00578. The van der Waals surface area contributed by atoms with E-state index in [2.05, 4.69) is 71.0 Å². The molecule has 1 aromatic rings. The minimum atomic E-state index is -0.278. The van der Waals surface area contributed by atoms with Gasteiger partial charge in [-0.3, -0.25) is 0 Å². The zero-order valence-electron chi connectivity index (χ0n) is 12.9. The molecule has 0 spiro atoms. The van der Waals surface area contributed by atoms with Crippen molar-refractivity contribution < 1.29 is 9.31 Å². The topological polar surface area (TPSA) is 21.7 Å². The standard InChI is InChI=1S/C15H24BNO2.CH4/c1-14(2)15(3,4)19-16(18-14)13-9-7-12(8-10-13)11-17(5)6;/h7-10H,11H2,1-6H3;1H4. The maximum atomic E-state index is 6.04. The maximum absolute atomic E-state index is 6.04. The molecule has 0 radical (unpaired) electrons. The lowest BCUT2D eigenvalue weighted by Crippen LogP contribution is -2.41. The first-order valence-electron chi connectivity index (χ1n) is 6.80. The van der Waals surface area contributed by atoms with Crippen LogP contribution in [-0.4, -0.2) is 37.3 Å². The highest BCUT2D eigenvalue weighted by Crippen LogP contribution is 2.36. The van der Waals surface area contributed by atoms with Gasteiger partial charge in [0.05, 0.1) is 11.2 Å². The van der Waals surface area contributed by atoms with Crippen LogP contribution in [0.2, 0.25) is 0 Å². The van der Waals surface area contributed by atoms with Crippen LogP contribution in [0.3, 0.4) is 0 Å². The second-order valence-corrected chi connectivity index (χ2v) is 6.57. The van der Waals surface area contributed by atoms with Gasteiger partial charge in [0, 0.05) is 6.54 Å². The summed E-state index contributed by atoms with van der Waals surface area (Å²) >= 11 is 0. The summed E-state index contributed by atoms with van der Waals surface area (Å²) in [6, 6.07) is 8.47. The lowest BCUT2D eigenvalue weighted by atomic mass is 9.79. The van der Waals surface area contributed by atoms with Crippen LogP contribution >= 0.6 is 0 Å². The van der Waals surface area contributed by atoms with E-state index < -0.39 is 0 Å². The highest BCUT2D eigenvalue weighted by Gasteiger charge is 2.51. The van der Waals surface area contributed by atoms with E-state index >= 15 is 0 Å².